The standard InChI is InChI=1S/C18H17FN4O2/c1-12-5-6-13(10-14(12)19)11-21-16(24)7-8-17-22-18(23-25-17)15-4-2-3-9-20-15/h2-6,9-10H,7-8,11H2,1H3,(H,21,24). The van der Waals surface area contributed by atoms with Crippen molar-refractivity contribution >= 4 is 5.91 Å². The summed E-state index contributed by atoms with van der Waals surface area (Å²) in [6.07, 6.45) is 2.18. The Bertz CT molecular complexity index is 865. The predicted octanol–water partition coefficient (Wildman–Crippen LogP) is 2.83. The second kappa shape index (κ2) is 7.65. The lowest BCUT2D eigenvalue weighted by Gasteiger charge is -2.05. The molecule has 0 aliphatic carbocycles. The van der Waals surface area contributed by atoms with Gasteiger partial charge in [0.25, 0.3) is 0 Å². The zero-order chi connectivity index (χ0) is 17.6. The molecule has 0 bridgehead atoms. The number of hydrogen-bond acceptors (Lipinski definition) is 5. The molecule has 0 atom stereocenters. The van der Waals surface area contributed by atoms with Crippen molar-refractivity contribution < 1.29 is 13.7 Å². The summed E-state index contributed by atoms with van der Waals surface area (Å²) in [7, 11) is 0. The summed E-state index contributed by atoms with van der Waals surface area (Å²) in [5, 5.41) is 6.60. The first kappa shape index (κ1) is 16.8. The maximum atomic E-state index is 13.5. The summed E-state index contributed by atoms with van der Waals surface area (Å²) in [4.78, 5) is 20.3. The lowest BCUT2D eigenvalue weighted by molar-refractivity contribution is -0.121. The van der Waals surface area contributed by atoms with Gasteiger partial charge in [-0.3, -0.25) is 9.78 Å². The van der Waals surface area contributed by atoms with Gasteiger partial charge in [-0.25, -0.2) is 4.39 Å². The minimum atomic E-state index is -0.278. The zero-order valence-electron chi connectivity index (χ0n) is 13.7. The molecule has 6 nitrogen and oxygen atoms in total. The molecule has 3 rings (SSSR count). The van der Waals surface area contributed by atoms with Gasteiger partial charge in [0.1, 0.15) is 11.5 Å². The molecule has 1 aromatic carbocycles. The van der Waals surface area contributed by atoms with Gasteiger partial charge in [-0.1, -0.05) is 23.4 Å². The van der Waals surface area contributed by atoms with Crippen LogP contribution in [0, 0.1) is 12.7 Å². The molecule has 3 aromatic rings. The van der Waals surface area contributed by atoms with E-state index in [0.717, 1.165) is 0 Å². The Morgan fingerprint density at radius 2 is 2.16 bits per heavy atom. The number of halogens is 1. The number of amides is 1. The highest BCUT2D eigenvalue weighted by atomic mass is 19.1. The monoisotopic (exact) mass is 340 g/mol. The summed E-state index contributed by atoms with van der Waals surface area (Å²) in [6, 6.07) is 10.3. The number of aromatic nitrogens is 3. The highest BCUT2D eigenvalue weighted by molar-refractivity contribution is 5.76. The number of aryl methyl sites for hydroxylation is 2. The van der Waals surface area contributed by atoms with Gasteiger partial charge in [0.05, 0.1) is 0 Å². The first-order valence-corrected chi connectivity index (χ1v) is 7.87. The molecule has 0 unspecified atom stereocenters. The van der Waals surface area contributed by atoms with Crippen LogP contribution in [0.3, 0.4) is 0 Å². The average Bonchev–Trinajstić information content (AvgIpc) is 3.11. The zero-order valence-corrected chi connectivity index (χ0v) is 13.7. The Morgan fingerprint density at radius 1 is 1.28 bits per heavy atom. The number of carbonyl (C=O) groups is 1. The largest absolute Gasteiger partial charge is 0.352 e. The third-order valence-corrected chi connectivity index (χ3v) is 3.65. The molecule has 2 heterocycles. The highest BCUT2D eigenvalue weighted by Crippen LogP contribution is 2.13. The first-order chi connectivity index (χ1) is 12.1. The van der Waals surface area contributed by atoms with Crippen molar-refractivity contribution in [2.75, 3.05) is 0 Å². The second-order valence-electron chi connectivity index (χ2n) is 5.59. The minimum absolute atomic E-state index is 0.168. The Kier molecular flexibility index (Phi) is 5.13. The van der Waals surface area contributed by atoms with Crippen LogP contribution in [0.15, 0.2) is 47.1 Å². The molecule has 0 saturated heterocycles. The van der Waals surface area contributed by atoms with Crippen molar-refractivity contribution in [3.05, 3.63) is 65.4 Å². The van der Waals surface area contributed by atoms with E-state index in [0.29, 0.717) is 35.0 Å². The van der Waals surface area contributed by atoms with Gasteiger partial charge in [-0.2, -0.15) is 4.98 Å². The molecular formula is C18H17FN4O2. The van der Waals surface area contributed by atoms with Gasteiger partial charge in [0.15, 0.2) is 0 Å². The Balaban J connectivity index is 1.49. The highest BCUT2D eigenvalue weighted by Gasteiger charge is 2.11. The molecule has 0 spiro atoms. The maximum Gasteiger partial charge on any atom is 0.227 e. The summed E-state index contributed by atoms with van der Waals surface area (Å²) < 4.78 is 18.6. The van der Waals surface area contributed by atoms with Crippen LogP contribution in [-0.2, 0) is 17.8 Å². The molecule has 25 heavy (non-hydrogen) atoms. The average molecular weight is 340 g/mol. The summed E-state index contributed by atoms with van der Waals surface area (Å²) in [6.45, 7) is 1.97. The van der Waals surface area contributed by atoms with Crippen molar-refractivity contribution in [1.82, 2.24) is 20.4 Å². The number of nitrogens with zero attached hydrogens (tertiary/aromatic N) is 3. The van der Waals surface area contributed by atoms with E-state index in [1.54, 1.807) is 37.4 Å². The van der Waals surface area contributed by atoms with Crippen molar-refractivity contribution in [2.24, 2.45) is 0 Å². The van der Waals surface area contributed by atoms with Gasteiger partial charge in [0, 0.05) is 25.6 Å². The van der Waals surface area contributed by atoms with E-state index in [9.17, 15) is 9.18 Å². The number of pyridine rings is 1. The lowest BCUT2D eigenvalue weighted by Crippen LogP contribution is -2.23. The fourth-order valence-corrected chi connectivity index (χ4v) is 2.21. The fourth-order valence-electron chi connectivity index (χ4n) is 2.21. The number of rotatable bonds is 6. The summed E-state index contributed by atoms with van der Waals surface area (Å²) in [5.74, 6) is 0.321. The van der Waals surface area contributed by atoms with Crippen molar-refractivity contribution in [1.29, 1.82) is 0 Å². The summed E-state index contributed by atoms with van der Waals surface area (Å²) >= 11 is 0. The number of nitrogens with one attached hydrogen (secondary N) is 1. The van der Waals surface area contributed by atoms with E-state index in [1.165, 1.54) is 6.07 Å². The van der Waals surface area contributed by atoms with Crippen LogP contribution in [0.2, 0.25) is 0 Å². The molecule has 7 heteroatoms. The molecule has 1 amide bonds. The topological polar surface area (TPSA) is 80.9 Å². The molecule has 0 aliphatic rings. The molecule has 0 saturated carbocycles. The van der Waals surface area contributed by atoms with E-state index in [1.807, 2.05) is 6.07 Å². The smallest absolute Gasteiger partial charge is 0.227 e. The van der Waals surface area contributed by atoms with Gasteiger partial charge in [0.2, 0.25) is 17.6 Å². The second-order valence-corrected chi connectivity index (χ2v) is 5.59. The Labute approximate surface area is 144 Å². The Morgan fingerprint density at radius 3 is 2.92 bits per heavy atom. The Hall–Kier alpha value is -3.09. The molecule has 0 radical (unpaired) electrons. The molecule has 0 aliphatic heterocycles. The van der Waals surface area contributed by atoms with Crippen LogP contribution >= 0.6 is 0 Å². The van der Waals surface area contributed by atoms with Crippen LogP contribution in [0.5, 0.6) is 0 Å². The van der Waals surface area contributed by atoms with Crippen molar-refractivity contribution in [3.8, 4) is 11.5 Å². The van der Waals surface area contributed by atoms with Gasteiger partial charge >= 0.3 is 0 Å². The molecule has 0 fully saturated rings. The predicted molar refractivity (Wildman–Crippen MR) is 88.8 cm³/mol. The normalized spacial score (nSPS) is 10.6. The van der Waals surface area contributed by atoms with Crippen LogP contribution in [0.25, 0.3) is 11.5 Å². The van der Waals surface area contributed by atoms with E-state index in [2.05, 4.69) is 20.4 Å². The molecular weight excluding hydrogens is 323 g/mol. The van der Waals surface area contributed by atoms with E-state index >= 15 is 0 Å². The fraction of sp³-hybridized carbons (Fsp3) is 0.222. The van der Waals surface area contributed by atoms with Crippen LogP contribution in [0.4, 0.5) is 4.39 Å². The first-order valence-electron chi connectivity index (χ1n) is 7.87. The summed E-state index contributed by atoms with van der Waals surface area (Å²) in [5.41, 5.74) is 1.91. The quantitative estimate of drug-likeness (QED) is 0.746. The number of carbonyl (C=O) groups excluding carboxylic acids is 1. The molecule has 1 N–H and O–H groups in total. The third-order valence-electron chi connectivity index (χ3n) is 3.65. The van der Waals surface area contributed by atoms with Gasteiger partial charge in [-0.15, -0.1) is 0 Å². The lowest BCUT2D eigenvalue weighted by atomic mass is 10.1. The SMILES string of the molecule is Cc1ccc(CNC(=O)CCc2nc(-c3ccccn3)no2)cc1F. The van der Waals surface area contributed by atoms with Crippen LogP contribution < -0.4 is 5.32 Å². The van der Waals surface area contributed by atoms with Crippen molar-refractivity contribution in [3.63, 3.8) is 0 Å². The number of benzene rings is 1. The number of hydrogen-bond donors (Lipinski definition) is 1. The molecule has 2 aromatic heterocycles. The van der Waals surface area contributed by atoms with Crippen molar-refractivity contribution in [2.45, 2.75) is 26.3 Å². The molecule has 128 valence electrons. The van der Waals surface area contributed by atoms with E-state index in [4.69, 9.17) is 4.52 Å². The van der Waals surface area contributed by atoms with Crippen LogP contribution in [0.1, 0.15) is 23.4 Å². The van der Waals surface area contributed by atoms with E-state index < -0.39 is 0 Å². The minimum Gasteiger partial charge on any atom is -0.352 e. The van der Waals surface area contributed by atoms with Crippen LogP contribution in [-0.4, -0.2) is 21.0 Å². The van der Waals surface area contributed by atoms with Gasteiger partial charge < -0.3 is 9.84 Å². The maximum absolute atomic E-state index is 13.5. The van der Waals surface area contributed by atoms with E-state index in [-0.39, 0.29) is 24.7 Å². The van der Waals surface area contributed by atoms with Gasteiger partial charge in [-0.05, 0) is 36.2 Å². The third kappa shape index (κ3) is 4.47.